The Balaban J connectivity index is 2.42. The van der Waals surface area contributed by atoms with Crippen molar-refractivity contribution in [1.82, 2.24) is 0 Å². The van der Waals surface area contributed by atoms with E-state index in [9.17, 15) is 13.5 Å². The van der Waals surface area contributed by atoms with Gasteiger partial charge in [-0.2, -0.15) is 0 Å². The van der Waals surface area contributed by atoms with Crippen LogP contribution in [0.5, 0.6) is 0 Å². The molecule has 2 atom stereocenters. The lowest BCUT2D eigenvalue weighted by atomic mass is 9.85. The van der Waals surface area contributed by atoms with Crippen molar-refractivity contribution in [2.24, 2.45) is 5.92 Å². The SMILES string of the molecule is CCC1CCCC1(O)CCCS(=O)(=O)CC. The van der Waals surface area contributed by atoms with Crippen LogP contribution in [0, 0.1) is 5.92 Å². The molecular weight excluding hydrogens is 224 g/mol. The highest BCUT2D eigenvalue weighted by atomic mass is 32.2. The predicted molar refractivity (Wildman–Crippen MR) is 66.1 cm³/mol. The van der Waals surface area contributed by atoms with Gasteiger partial charge in [-0.15, -0.1) is 0 Å². The molecule has 0 spiro atoms. The molecule has 3 nitrogen and oxygen atoms in total. The van der Waals surface area contributed by atoms with Crippen LogP contribution < -0.4 is 0 Å². The zero-order chi connectivity index (χ0) is 12.2. The Morgan fingerprint density at radius 2 is 2.06 bits per heavy atom. The molecule has 2 unspecified atom stereocenters. The first-order chi connectivity index (χ1) is 7.43. The molecule has 0 aromatic carbocycles. The maximum Gasteiger partial charge on any atom is 0.150 e. The molecule has 1 N–H and O–H groups in total. The van der Waals surface area contributed by atoms with Gasteiger partial charge in [0.25, 0.3) is 0 Å². The van der Waals surface area contributed by atoms with Crippen LogP contribution >= 0.6 is 0 Å². The van der Waals surface area contributed by atoms with Gasteiger partial charge >= 0.3 is 0 Å². The Kier molecular flexibility index (Phi) is 4.80. The molecule has 0 saturated heterocycles. The maximum absolute atomic E-state index is 11.3. The van der Waals surface area contributed by atoms with E-state index < -0.39 is 15.4 Å². The third-order valence-corrected chi connectivity index (χ3v) is 5.71. The van der Waals surface area contributed by atoms with Crippen molar-refractivity contribution in [2.75, 3.05) is 11.5 Å². The molecule has 0 amide bonds. The molecule has 0 aromatic heterocycles. The van der Waals surface area contributed by atoms with E-state index in [1.54, 1.807) is 6.92 Å². The Morgan fingerprint density at radius 1 is 1.38 bits per heavy atom. The van der Waals surface area contributed by atoms with Crippen LogP contribution in [0.15, 0.2) is 0 Å². The monoisotopic (exact) mass is 248 g/mol. The summed E-state index contributed by atoms with van der Waals surface area (Å²) in [4.78, 5) is 0. The smallest absolute Gasteiger partial charge is 0.150 e. The van der Waals surface area contributed by atoms with Gasteiger partial charge in [0.15, 0.2) is 0 Å². The van der Waals surface area contributed by atoms with Crippen molar-refractivity contribution in [1.29, 1.82) is 0 Å². The summed E-state index contributed by atoms with van der Waals surface area (Å²) in [7, 11) is -2.87. The fourth-order valence-electron chi connectivity index (χ4n) is 2.78. The fourth-order valence-corrected chi connectivity index (χ4v) is 3.66. The van der Waals surface area contributed by atoms with E-state index in [0.29, 0.717) is 18.8 Å². The van der Waals surface area contributed by atoms with E-state index in [4.69, 9.17) is 0 Å². The highest BCUT2D eigenvalue weighted by Gasteiger charge is 2.39. The van der Waals surface area contributed by atoms with Crippen molar-refractivity contribution < 1.29 is 13.5 Å². The van der Waals surface area contributed by atoms with E-state index in [2.05, 4.69) is 6.92 Å². The van der Waals surface area contributed by atoms with Crippen LogP contribution in [0.25, 0.3) is 0 Å². The van der Waals surface area contributed by atoms with E-state index in [-0.39, 0.29) is 11.5 Å². The van der Waals surface area contributed by atoms with E-state index in [1.807, 2.05) is 0 Å². The molecule has 1 fully saturated rings. The number of hydrogen-bond donors (Lipinski definition) is 1. The molecule has 0 heterocycles. The Morgan fingerprint density at radius 3 is 2.62 bits per heavy atom. The van der Waals surface area contributed by atoms with E-state index >= 15 is 0 Å². The molecule has 96 valence electrons. The minimum atomic E-state index is -2.87. The van der Waals surface area contributed by atoms with Gasteiger partial charge in [0, 0.05) is 5.75 Å². The van der Waals surface area contributed by atoms with Crippen LogP contribution in [0.4, 0.5) is 0 Å². The molecule has 0 aromatic rings. The number of rotatable bonds is 6. The van der Waals surface area contributed by atoms with Crippen molar-refractivity contribution in [3.63, 3.8) is 0 Å². The predicted octanol–water partition coefficient (Wildman–Crippen LogP) is 2.14. The van der Waals surface area contributed by atoms with Crippen molar-refractivity contribution in [3.05, 3.63) is 0 Å². The normalized spacial score (nSPS) is 30.8. The minimum absolute atomic E-state index is 0.211. The average Bonchev–Trinajstić information content (AvgIpc) is 2.59. The van der Waals surface area contributed by atoms with Gasteiger partial charge in [-0.05, 0) is 31.6 Å². The van der Waals surface area contributed by atoms with Crippen molar-refractivity contribution >= 4 is 9.84 Å². The first-order valence-electron chi connectivity index (χ1n) is 6.36. The summed E-state index contributed by atoms with van der Waals surface area (Å²) in [6.07, 6.45) is 5.26. The minimum Gasteiger partial charge on any atom is -0.390 e. The lowest BCUT2D eigenvalue weighted by Crippen LogP contribution is -2.33. The highest BCUT2D eigenvalue weighted by Crippen LogP contribution is 2.40. The van der Waals surface area contributed by atoms with Crippen molar-refractivity contribution in [3.8, 4) is 0 Å². The molecule has 1 aliphatic carbocycles. The van der Waals surface area contributed by atoms with Crippen LogP contribution in [0.1, 0.15) is 52.4 Å². The van der Waals surface area contributed by atoms with Gasteiger partial charge in [0.2, 0.25) is 0 Å². The van der Waals surface area contributed by atoms with Crippen LogP contribution in [0.2, 0.25) is 0 Å². The number of hydrogen-bond acceptors (Lipinski definition) is 3. The Bertz CT molecular complexity index is 310. The molecule has 0 radical (unpaired) electrons. The summed E-state index contributed by atoms with van der Waals surface area (Å²) in [5.74, 6) is 0.807. The number of aliphatic hydroxyl groups is 1. The summed E-state index contributed by atoms with van der Waals surface area (Å²) in [5, 5.41) is 10.4. The highest BCUT2D eigenvalue weighted by molar-refractivity contribution is 7.91. The number of sulfone groups is 1. The molecule has 1 rings (SSSR count). The summed E-state index contributed by atoms with van der Waals surface area (Å²) in [5.41, 5.74) is -0.585. The first kappa shape index (κ1) is 14.0. The second-order valence-corrected chi connectivity index (χ2v) is 7.41. The molecule has 1 saturated carbocycles. The quantitative estimate of drug-likeness (QED) is 0.783. The lowest BCUT2D eigenvalue weighted by molar-refractivity contribution is -0.00725. The topological polar surface area (TPSA) is 54.4 Å². The first-order valence-corrected chi connectivity index (χ1v) is 8.18. The largest absolute Gasteiger partial charge is 0.390 e. The van der Waals surface area contributed by atoms with Gasteiger partial charge in [-0.3, -0.25) is 0 Å². The molecule has 16 heavy (non-hydrogen) atoms. The van der Waals surface area contributed by atoms with Gasteiger partial charge in [-0.25, -0.2) is 8.42 Å². The third kappa shape index (κ3) is 3.45. The molecule has 1 aliphatic rings. The lowest BCUT2D eigenvalue weighted by Gasteiger charge is -2.29. The van der Waals surface area contributed by atoms with E-state index in [1.165, 1.54) is 0 Å². The second kappa shape index (κ2) is 5.50. The Hall–Kier alpha value is -0.0900. The molecular formula is C12H24O3S. The molecule has 0 aliphatic heterocycles. The van der Waals surface area contributed by atoms with Gasteiger partial charge < -0.3 is 5.11 Å². The van der Waals surface area contributed by atoms with Crippen LogP contribution in [-0.4, -0.2) is 30.6 Å². The molecule has 0 bridgehead atoms. The summed E-state index contributed by atoms with van der Waals surface area (Å²) >= 11 is 0. The van der Waals surface area contributed by atoms with E-state index in [0.717, 1.165) is 25.7 Å². The second-order valence-electron chi connectivity index (χ2n) is 4.94. The van der Waals surface area contributed by atoms with Gasteiger partial charge in [0.1, 0.15) is 9.84 Å². The zero-order valence-corrected chi connectivity index (χ0v) is 11.2. The molecule has 4 heteroatoms. The Labute approximate surface area is 99.2 Å². The van der Waals surface area contributed by atoms with Crippen molar-refractivity contribution in [2.45, 2.75) is 58.0 Å². The zero-order valence-electron chi connectivity index (χ0n) is 10.4. The van der Waals surface area contributed by atoms with Gasteiger partial charge in [-0.1, -0.05) is 26.7 Å². The van der Waals surface area contributed by atoms with Crippen LogP contribution in [-0.2, 0) is 9.84 Å². The van der Waals surface area contributed by atoms with Crippen LogP contribution in [0.3, 0.4) is 0 Å². The summed E-state index contributed by atoms with van der Waals surface area (Å²) in [6, 6.07) is 0. The summed E-state index contributed by atoms with van der Waals surface area (Å²) < 4.78 is 22.7. The third-order valence-electron chi connectivity index (χ3n) is 3.92. The summed E-state index contributed by atoms with van der Waals surface area (Å²) in [6.45, 7) is 3.78. The van der Waals surface area contributed by atoms with Gasteiger partial charge in [0.05, 0.1) is 11.4 Å². The maximum atomic E-state index is 11.3. The average molecular weight is 248 g/mol. The fraction of sp³-hybridized carbons (Fsp3) is 1.00. The standard InChI is InChI=1S/C12H24O3S/c1-3-11-7-5-8-12(11,13)9-6-10-16(14,15)4-2/h11,13H,3-10H2,1-2H3.